The maximum atomic E-state index is 11.6. The second-order valence-electron chi connectivity index (χ2n) is 4.75. The number of para-hydroxylation sites is 1. The number of carbonyl (C=O) groups excluding carboxylic acids is 1. The summed E-state index contributed by atoms with van der Waals surface area (Å²) in [5.41, 5.74) is 1.18. The maximum absolute atomic E-state index is 11.6. The van der Waals surface area contributed by atoms with Crippen LogP contribution in [0, 0.1) is 0 Å². The Morgan fingerprint density at radius 1 is 1.24 bits per heavy atom. The standard InChI is InChI=1S/C17H20N2O2/c1-19(15-7-3-2-4-8-15)13-6-12-18-17(20)11-10-16-9-5-14-21-16/h2-5,7-11,14H,6,12-13H2,1H3,(H,18,20)/b11-10+. The monoisotopic (exact) mass is 284 g/mol. The van der Waals surface area contributed by atoms with Crippen LogP contribution < -0.4 is 10.2 Å². The smallest absolute Gasteiger partial charge is 0.244 e. The molecular weight excluding hydrogens is 264 g/mol. The van der Waals surface area contributed by atoms with Crippen molar-refractivity contribution in [2.24, 2.45) is 0 Å². The highest BCUT2D eigenvalue weighted by atomic mass is 16.3. The number of furan rings is 1. The highest BCUT2D eigenvalue weighted by molar-refractivity contribution is 5.91. The number of anilines is 1. The molecule has 0 bridgehead atoms. The number of nitrogens with one attached hydrogen (secondary N) is 1. The molecule has 0 radical (unpaired) electrons. The molecule has 2 rings (SSSR count). The van der Waals surface area contributed by atoms with E-state index in [4.69, 9.17) is 4.42 Å². The molecule has 4 nitrogen and oxygen atoms in total. The van der Waals surface area contributed by atoms with E-state index in [-0.39, 0.29) is 5.91 Å². The van der Waals surface area contributed by atoms with Gasteiger partial charge in [0.25, 0.3) is 0 Å². The van der Waals surface area contributed by atoms with Crippen molar-refractivity contribution in [1.29, 1.82) is 0 Å². The Balaban J connectivity index is 1.64. The average molecular weight is 284 g/mol. The van der Waals surface area contributed by atoms with Crippen molar-refractivity contribution in [3.8, 4) is 0 Å². The summed E-state index contributed by atoms with van der Waals surface area (Å²) in [4.78, 5) is 13.8. The molecule has 110 valence electrons. The largest absolute Gasteiger partial charge is 0.465 e. The van der Waals surface area contributed by atoms with E-state index >= 15 is 0 Å². The Hall–Kier alpha value is -2.49. The van der Waals surface area contributed by atoms with Gasteiger partial charge in [-0.1, -0.05) is 18.2 Å². The molecule has 0 saturated carbocycles. The zero-order valence-corrected chi connectivity index (χ0v) is 12.2. The van der Waals surface area contributed by atoms with Gasteiger partial charge in [-0.05, 0) is 36.8 Å². The summed E-state index contributed by atoms with van der Waals surface area (Å²) in [7, 11) is 2.05. The minimum absolute atomic E-state index is 0.103. The number of benzene rings is 1. The fourth-order valence-corrected chi connectivity index (χ4v) is 1.94. The van der Waals surface area contributed by atoms with Gasteiger partial charge in [0.15, 0.2) is 0 Å². The SMILES string of the molecule is CN(CCCNC(=O)/C=C/c1ccco1)c1ccccc1. The van der Waals surface area contributed by atoms with Crippen LogP contribution in [0.2, 0.25) is 0 Å². The van der Waals surface area contributed by atoms with Crippen molar-refractivity contribution >= 4 is 17.7 Å². The molecule has 21 heavy (non-hydrogen) atoms. The lowest BCUT2D eigenvalue weighted by Crippen LogP contribution is -2.26. The summed E-state index contributed by atoms with van der Waals surface area (Å²) < 4.78 is 5.12. The second kappa shape index (κ2) is 7.94. The number of hydrogen-bond donors (Lipinski definition) is 1. The van der Waals surface area contributed by atoms with E-state index in [0.29, 0.717) is 12.3 Å². The summed E-state index contributed by atoms with van der Waals surface area (Å²) in [6.07, 6.45) is 5.62. The number of hydrogen-bond acceptors (Lipinski definition) is 3. The van der Waals surface area contributed by atoms with E-state index in [9.17, 15) is 4.79 Å². The third-order valence-electron chi connectivity index (χ3n) is 3.11. The number of carbonyl (C=O) groups is 1. The normalized spacial score (nSPS) is 10.7. The van der Waals surface area contributed by atoms with Gasteiger partial charge in [-0.2, -0.15) is 0 Å². The first-order valence-electron chi connectivity index (χ1n) is 7.01. The fraction of sp³-hybridized carbons (Fsp3) is 0.235. The van der Waals surface area contributed by atoms with Gasteiger partial charge >= 0.3 is 0 Å². The van der Waals surface area contributed by atoms with Gasteiger partial charge in [0.2, 0.25) is 5.91 Å². The lowest BCUT2D eigenvalue weighted by Gasteiger charge is -2.18. The molecule has 0 fully saturated rings. The van der Waals surface area contributed by atoms with E-state index in [0.717, 1.165) is 13.0 Å². The van der Waals surface area contributed by atoms with Crippen molar-refractivity contribution in [2.45, 2.75) is 6.42 Å². The second-order valence-corrected chi connectivity index (χ2v) is 4.75. The number of amides is 1. The highest BCUT2D eigenvalue weighted by Crippen LogP contribution is 2.10. The third kappa shape index (κ3) is 5.18. The Morgan fingerprint density at radius 2 is 2.05 bits per heavy atom. The molecule has 0 aliphatic carbocycles. The van der Waals surface area contributed by atoms with Crippen molar-refractivity contribution in [2.75, 3.05) is 25.0 Å². The fourth-order valence-electron chi connectivity index (χ4n) is 1.94. The molecule has 0 atom stereocenters. The zero-order chi connectivity index (χ0) is 14.9. The molecular formula is C17H20N2O2. The van der Waals surface area contributed by atoms with Crippen LogP contribution in [-0.2, 0) is 4.79 Å². The molecule has 1 heterocycles. The summed E-state index contributed by atoms with van der Waals surface area (Å²) >= 11 is 0. The van der Waals surface area contributed by atoms with Crippen molar-refractivity contribution in [3.63, 3.8) is 0 Å². The topological polar surface area (TPSA) is 45.5 Å². The van der Waals surface area contributed by atoms with Crippen molar-refractivity contribution < 1.29 is 9.21 Å². The van der Waals surface area contributed by atoms with Crippen LogP contribution >= 0.6 is 0 Å². The predicted octanol–water partition coefficient (Wildman–Crippen LogP) is 2.94. The minimum atomic E-state index is -0.103. The number of nitrogens with zero attached hydrogens (tertiary/aromatic N) is 1. The van der Waals surface area contributed by atoms with Gasteiger partial charge in [-0.25, -0.2) is 0 Å². The molecule has 1 N–H and O–H groups in total. The van der Waals surface area contributed by atoms with Crippen LogP contribution in [0.25, 0.3) is 6.08 Å². The molecule has 4 heteroatoms. The van der Waals surface area contributed by atoms with Crippen molar-refractivity contribution in [1.82, 2.24) is 5.32 Å². The molecule has 0 saturated heterocycles. The molecule has 0 spiro atoms. The highest BCUT2D eigenvalue weighted by Gasteiger charge is 2.00. The molecule has 0 aliphatic rings. The van der Waals surface area contributed by atoms with E-state index in [1.54, 1.807) is 24.5 Å². The molecule has 1 aromatic heterocycles. The summed E-state index contributed by atoms with van der Waals surface area (Å²) in [5, 5.41) is 2.86. The predicted molar refractivity (Wildman–Crippen MR) is 85.1 cm³/mol. The quantitative estimate of drug-likeness (QED) is 0.628. The lowest BCUT2D eigenvalue weighted by molar-refractivity contribution is -0.116. The molecule has 1 amide bonds. The van der Waals surface area contributed by atoms with E-state index in [1.807, 2.05) is 25.2 Å². The van der Waals surface area contributed by atoms with Crippen LogP contribution in [-0.4, -0.2) is 26.0 Å². The van der Waals surface area contributed by atoms with Gasteiger partial charge < -0.3 is 14.6 Å². The van der Waals surface area contributed by atoms with Crippen LogP contribution in [0.4, 0.5) is 5.69 Å². The first-order chi connectivity index (χ1) is 10.3. The molecule has 0 unspecified atom stereocenters. The summed E-state index contributed by atoms with van der Waals surface area (Å²) in [5.74, 6) is 0.572. The maximum Gasteiger partial charge on any atom is 0.244 e. The van der Waals surface area contributed by atoms with Gasteiger partial charge in [0.1, 0.15) is 5.76 Å². The van der Waals surface area contributed by atoms with E-state index in [2.05, 4.69) is 22.3 Å². The summed E-state index contributed by atoms with van der Waals surface area (Å²) in [6.45, 7) is 1.55. The van der Waals surface area contributed by atoms with Crippen LogP contribution in [0.3, 0.4) is 0 Å². The average Bonchev–Trinajstić information content (AvgIpc) is 3.03. The van der Waals surface area contributed by atoms with Crippen molar-refractivity contribution in [3.05, 3.63) is 60.6 Å². The first-order valence-corrected chi connectivity index (χ1v) is 7.01. The Bertz CT molecular complexity index is 562. The van der Waals surface area contributed by atoms with Gasteiger partial charge in [0, 0.05) is 31.9 Å². The van der Waals surface area contributed by atoms with Crippen LogP contribution in [0.5, 0.6) is 0 Å². The molecule has 1 aromatic carbocycles. The van der Waals surface area contributed by atoms with Gasteiger partial charge in [-0.3, -0.25) is 4.79 Å². The third-order valence-corrected chi connectivity index (χ3v) is 3.11. The first kappa shape index (κ1) is 14.9. The van der Waals surface area contributed by atoms with E-state index in [1.165, 1.54) is 11.8 Å². The minimum Gasteiger partial charge on any atom is -0.465 e. The molecule has 2 aromatic rings. The Kier molecular flexibility index (Phi) is 5.64. The Morgan fingerprint density at radius 3 is 2.76 bits per heavy atom. The van der Waals surface area contributed by atoms with Crippen LogP contribution in [0.1, 0.15) is 12.2 Å². The Labute approximate surface area is 125 Å². The van der Waals surface area contributed by atoms with Gasteiger partial charge in [0.05, 0.1) is 6.26 Å². The van der Waals surface area contributed by atoms with Gasteiger partial charge in [-0.15, -0.1) is 0 Å². The summed E-state index contributed by atoms with van der Waals surface area (Å²) in [6, 6.07) is 13.8. The van der Waals surface area contributed by atoms with Crippen LogP contribution in [0.15, 0.2) is 59.2 Å². The lowest BCUT2D eigenvalue weighted by atomic mass is 10.3. The molecule has 0 aliphatic heterocycles. The van der Waals surface area contributed by atoms with E-state index < -0.39 is 0 Å². The zero-order valence-electron chi connectivity index (χ0n) is 12.2. The number of rotatable bonds is 7.